The largest absolute Gasteiger partial charge is 0.316 e. The molecule has 0 atom stereocenters. The van der Waals surface area contributed by atoms with E-state index in [2.05, 4.69) is 35.6 Å². The lowest BCUT2D eigenvalue weighted by Crippen LogP contribution is -2.15. The summed E-state index contributed by atoms with van der Waals surface area (Å²) in [5, 5.41) is 13.2. The van der Waals surface area contributed by atoms with Crippen molar-refractivity contribution in [2.24, 2.45) is 25.7 Å². The van der Waals surface area contributed by atoms with Gasteiger partial charge in [-0.15, -0.1) is 0 Å². The van der Waals surface area contributed by atoms with Crippen molar-refractivity contribution in [2.75, 3.05) is 0 Å². The van der Waals surface area contributed by atoms with E-state index in [1.54, 1.807) is 24.3 Å². The van der Waals surface area contributed by atoms with Crippen LogP contribution in [0.3, 0.4) is 0 Å². The van der Waals surface area contributed by atoms with Gasteiger partial charge < -0.3 is 4.98 Å². The first-order valence-electron chi connectivity index (χ1n) is 5.84. The van der Waals surface area contributed by atoms with Crippen molar-refractivity contribution in [1.29, 1.82) is 0 Å². The van der Waals surface area contributed by atoms with Crippen LogP contribution in [-0.2, 0) is 0 Å². The number of carbonyl (C=O) groups is 1. The third-order valence-corrected chi connectivity index (χ3v) is 2.52. The maximum Gasteiger partial charge on any atom is 0.316 e. The lowest BCUT2D eigenvalue weighted by atomic mass is 10.1. The van der Waals surface area contributed by atoms with Crippen LogP contribution >= 0.6 is 0 Å². The molecule has 102 valence electrons. The fourth-order valence-corrected chi connectivity index (χ4v) is 1.64. The molecule has 21 heavy (non-hydrogen) atoms. The molecule has 3 rings (SSSR count). The van der Waals surface area contributed by atoms with Crippen LogP contribution in [0.4, 0.5) is 0 Å². The molecular weight excluding hydrogens is 274 g/mol. The van der Waals surface area contributed by atoms with Crippen LogP contribution < -0.4 is 5.56 Å². The zero-order valence-corrected chi connectivity index (χ0v) is 10.5. The van der Waals surface area contributed by atoms with E-state index in [1.165, 1.54) is 6.07 Å². The first kappa shape index (κ1) is 12.7. The van der Waals surface area contributed by atoms with Gasteiger partial charge in [-0.05, 0) is 10.4 Å². The van der Waals surface area contributed by atoms with Crippen LogP contribution in [-0.4, -0.2) is 21.8 Å². The lowest BCUT2D eigenvalue weighted by Gasteiger charge is -2.01. The van der Waals surface area contributed by atoms with E-state index >= 15 is 0 Å². The number of H-pyrrole nitrogens is 1. The summed E-state index contributed by atoms with van der Waals surface area (Å²) in [5.74, 6) is -1.17. The number of aromatic nitrogens is 2. The third kappa shape index (κ3) is 2.81. The number of aromatic amines is 1. The van der Waals surface area contributed by atoms with Gasteiger partial charge in [0.05, 0.1) is 5.69 Å². The Morgan fingerprint density at radius 2 is 1.81 bits per heavy atom. The molecule has 9 nitrogen and oxygen atoms in total. The molecule has 1 aromatic heterocycles. The number of nitrogens with zero attached hydrogens (tertiary/aromatic N) is 6. The van der Waals surface area contributed by atoms with E-state index in [9.17, 15) is 9.59 Å². The highest BCUT2D eigenvalue weighted by molar-refractivity contribution is 6.01. The molecule has 0 fully saturated rings. The van der Waals surface area contributed by atoms with Crippen LogP contribution in [0.5, 0.6) is 0 Å². The van der Waals surface area contributed by atoms with Crippen molar-refractivity contribution in [3.05, 3.63) is 52.6 Å². The summed E-state index contributed by atoms with van der Waals surface area (Å²) in [6.07, 6.45) is 0. The van der Waals surface area contributed by atoms with Crippen LogP contribution in [0.1, 0.15) is 10.6 Å². The second kappa shape index (κ2) is 5.33. The monoisotopic (exact) mass is 281 g/mol. The van der Waals surface area contributed by atoms with Gasteiger partial charge in [-0.3, -0.25) is 9.59 Å². The average Bonchev–Trinajstić information content (AvgIpc) is 3.00. The van der Waals surface area contributed by atoms with Gasteiger partial charge in [0, 0.05) is 11.6 Å². The number of guanidine groups is 1. The van der Waals surface area contributed by atoms with Gasteiger partial charge in [0.15, 0.2) is 0 Å². The summed E-state index contributed by atoms with van der Waals surface area (Å²) in [4.78, 5) is 33.5. The molecule has 0 saturated heterocycles. The van der Waals surface area contributed by atoms with E-state index < -0.39 is 11.5 Å². The highest BCUT2D eigenvalue weighted by Gasteiger charge is 2.13. The number of hydrogen-bond acceptors (Lipinski definition) is 5. The first-order chi connectivity index (χ1) is 10.2. The minimum Gasteiger partial charge on any atom is -0.302 e. The van der Waals surface area contributed by atoms with E-state index in [1.807, 2.05) is 6.07 Å². The van der Waals surface area contributed by atoms with E-state index in [-0.39, 0.29) is 11.8 Å². The quantitative estimate of drug-likeness (QED) is 0.901. The zero-order chi connectivity index (χ0) is 14.7. The number of amides is 1. The summed E-state index contributed by atoms with van der Waals surface area (Å²) in [5.41, 5.74) is 0.630. The standard InChI is InChI=1S/C12H7N7O2/c20-9-6-8(7-4-2-1-3-5-7)13-10(14-9)11(21)15-12-16-18-19-17-12/h1-6H,(H,13,14,20). The molecule has 1 aromatic carbocycles. The summed E-state index contributed by atoms with van der Waals surface area (Å²) in [6.45, 7) is 0. The molecule has 0 bridgehead atoms. The topological polar surface area (TPSA) is 125 Å². The Morgan fingerprint density at radius 3 is 2.52 bits per heavy atom. The second-order valence-electron chi connectivity index (χ2n) is 3.94. The molecule has 0 radical (unpaired) electrons. The number of rotatable bonds is 2. The van der Waals surface area contributed by atoms with Gasteiger partial charge in [0.25, 0.3) is 11.5 Å². The number of carbonyl (C=O) groups excluding carboxylic acids is 1. The van der Waals surface area contributed by atoms with Crippen molar-refractivity contribution in [2.45, 2.75) is 0 Å². The van der Waals surface area contributed by atoms with Gasteiger partial charge in [0.2, 0.25) is 5.82 Å². The Labute approximate surface area is 117 Å². The fourth-order valence-electron chi connectivity index (χ4n) is 1.64. The predicted octanol–water partition coefficient (Wildman–Crippen LogP) is 1.77. The maximum absolute atomic E-state index is 11.9. The summed E-state index contributed by atoms with van der Waals surface area (Å²) < 4.78 is 0. The van der Waals surface area contributed by atoms with E-state index in [0.717, 1.165) is 0 Å². The fraction of sp³-hybridized carbons (Fsp3) is 0. The van der Waals surface area contributed by atoms with Gasteiger partial charge >= 0.3 is 5.91 Å². The molecule has 2 heterocycles. The molecular formula is C12H7N7O2. The number of benzene rings is 1. The van der Waals surface area contributed by atoms with Crippen LogP contribution in [0.25, 0.3) is 11.3 Å². The van der Waals surface area contributed by atoms with Crippen LogP contribution in [0.2, 0.25) is 0 Å². The Morgan fingerprint density at radius 1 is 1.10 bits per heavy atom. The zero-order valence-electron chi connectivity index (χ0n) is 10.5. The Bertz CT molecular complexity index is 822. The SMILES string of the molecule is O=C(N=C1N=NN=N1)c1nc(-c2ccccc2)cc(=O)[nH]1. The molecule has 1 N–H and O–H groups in total. The number of aliphatic imine (C=N–C) groups is 1. The average molecular weight is 281 g/mol. The number of hydrogen-bond donors (Lipinski definition) is 1. The molecule has 0 spiro atoms. The van der Waals surface area contributed by atoms with Crippen LogP contribution in [0.15, 0.2) is 66.9 Å². The highest BCUT2D eigenvalue weighted by atomic mass is 16.2. The van der Waals surface area contributed by atoms with Gasteiger partial charge in [-0.2, -0.15) is 4.99 Å². The minimum absolute atomic E-state index is 0.187. The van der Waals surface area contributed by atoms with Crippen molar-refractivity contribution in [3.8, 4) is 11.3 Å². The maximum atomic E-state index is 11.9. The van der Waals surface area contributed by atoms with Gasteiger partial charge in [-0.1, -0.05) is 40.6 Å². The summed E-state index contributed by atoms with van der Waals surface area (Å²) in [7, 11) is 0. The molecule has 1 amide bonds. The molecule has 0 aliphatic carbocycles. The summed E-state index contributed by atoms with van der Waals surface area (Å²) >= 11 is 0. The molecule has 1 aliphatic rings. The van der Waals surface area contributed by atoms with Crippen molar-refractivity contribution in [1.82, 2.24) is 9.97 Å². The summed E-state index contributed by atoms with van der Waals surface area (Å²) in [6, 6.07) is 10.3. The normalized spacial score (nSPS) is 12.7. The Balaban J connectivity index is 2.00. The predicted molar refractivity (Wildman–Crippen MR) is 71.8 cm³/mol. The molecule has 2 aromatic rings. The molecule has 1 aliphatic heterocycles. The van der Waals surface area contributed by atoms with Crippen molar-refractivity contribution < 1.29 is 4.79 Å². The van der Waals surface area contributed by atoms with Gasteiger partial charge in [0.1, 0.15) is 0 Å². The first-order valence-corrected chi connectivity index (χ1v) is 5.84. The molecule has 9 heteroatoms. The number of nitrogens with one attached hydrogen (secondary N) is 1. The molecule has 0 saturated carbocycles. The minimum atomic E-state index is -0.778. The molecule has 0 unspecified atom stereocenters. The lowest BCUT2D eigenvalue weighted by molar-refractivity contribution is 0.0992. The van der Waals surface area contributed by atoms with Crippen LogP contribution in [0, 0.1) is 0 Å². The third-order valence-electron chi connectivity index (χ3n) is 2.52. The Kier molecular flexibility index (Phi) is 3.21. The van der Waals surface area contributed by atoms with E-state index in [0.29, 0.717) is 11.3 Å². The second-order valence-corrected chi connectivity index (χ2v) is 3.94. The van der Waals surface area contributed by atoms with Crippen molar-refractivity contribution >= 4 is 11.9 Å². The Hall–Kier alpha value is -3.36. The highest BCUT2D eigenvalue weighted by Crippen LogP contribution is 2.14. The van der Waals surface area contributed by atoms with E-state index in [4.69, 9.17) is 0 Å². The van der Waals surface area contributed by atoms with Gasteiger partial charge in [-0.25, -0.2) is 4.98 Å². The van der Waals surface area contributed by atoms with Crippen molar-refractivity contribution in [3.63, 3.8) is 0 Å². The smallest absolute Gasteiger partial charge is 0.302 e.